The Morgan fingerprint density at radius 2 is 1.83 bits per heavy atom. The number of halogens is 1. The van der Waals surface area contributed by atoms with Gasteiger partial charge in [0.2, 0.25) is 5.91 Å². The van der Waals surface area contributed by atoms with Crippen LogP contribution in [0.5, 0.6) is 0 Å². The van der Waals surface area contributed by atoms with E-state index in [9.17, 15) is 9.59 Å². The minimum Gasteiger partial charge on any atom is -0.373 e. The normalized spacial score (nSPS) is 17.7. The third-order valence-electron chi connectivity index (χ3n) is 3.96. The summed E-state index contributed by atoms with van der Waals surface area (Å²) in [7, 11) is 0. The molecule has 0 aromatic heterocycles. The Labute approximate surface area is 143 Å². The average Bonchev–Trinajstić information content (AvgIpc) is 2.83. The second kappa shape index (κ2) is 6.54. The van der Waals surface area contributed by atoms with Gasteiger partial charge < -0.3 is 5.32 Å². The summed E-state index contributed by atoms with van der Waals surface area (Å²) in [6, 6.07) is 14.5. The fraction of sp³-hybridized carbons (Fsp3) is 0.222. The summed E-state index contributed by atoms with van der Waals surface area (Å²) < 4.78 is 0.909. The first-order valence-corrected chi connectivity index (χ1v) is 8.36. The summed E-state index contributed by atoms with van der Waals surface area (Å²) in [4.78, 5) is 26.2. The van der Waals surface area contributed by atoms with E-state index in [1.165, 1.54) is 4.90 Å². The maximum Gasteiger partial charge on any atom is 0.256 e. The van der Waals surface area contributed by atoms with E-state index in [-0.39, 0.29) is 18.2 Å². The molecule has 1 saturated heterocycles. The molecule has 5 heteroatoms. The third-order valence-corrected chi connectivity index (χ3v) is 4.49. The molecule has 0 spiro atoms. The summed E-state index contributed by atoms with van der Waals surface area (Å²) in [5.41, 5.74) is 2.66. The van der Waals surface area contributed by atoms with Crippen molar-refractivity contribution >= 4 is 39.1 Å². The van der Waals surface area contributed by atoms with Crippen LogP contribution in [0.3, 0.4) is 0 Å². The Bertz CT molecular complexity index is 743. The molecule has 0 aliphatic carbocycles. The Kier molecular flexibility index (Phi) is 4.48. The van der Waals surface area contributed by atoms with Crippen molar-refractivity contribution in [3.63, 3.8) is 0 Å². The highest BCUT2D eigenvalue weighted by atomic mass is 79.9. The molecule has 0 radical (unpaired) electrons. The van der Waals surface area contributed by atoms with E-state index < -0.39 is 6.04 Å². The molecule has 1 N–H and O–H groups in total. The summed E-state index contributed by atoms with van der Waals surface area (Å²) in [6.07, 6.45) is 1.04. The highest BCUT2D eigenvalue weighted by molar-refractivity contribution is 9.10. The monoisotopic (exact) mass is 372 g/mol. The van der Waals surface area contributed by atoms with Crippen molar-refractivity contribution in [3.05, 3.63) is 58.6 Å². The lowest BCUT2D eigenvalue weighted by molar-refractivity contribution is -0.121. The Hall–Kier alpha value is -2.14. The number of carbonyl (C=O) groups is 2. The predicted molar refractivity (Wildman–Crippen MR) is 94.5 cm³/mol. The van der Waals surface area contributed by atoms with Gasteiger partial charge in [0, 0.05) is 10.2 Å². The fourth-order valence-electron chi connectivity index (χ4n) is 2.76. The first kappa shape index (κ1) is 15.7. The molecule has 23 heavy (non-hydrogen) atoms. The number of carbonyl (C=O) groups excluding carboxylic acids is 2. The number of aryl methyl sites for hydroxylation is 1. The Morgan fingerprint density at radius 1 is 1.13 bits per heavy atom. The van der Waals surface area contributed by atoms with E-state index in [4.69, 9.17) is 0 Å². The second-order valence-electron chi connectivity index (χ2n) is 5.46. The summed E-state index contributed by atoms with van der Waals surface area (Å²) >= 11 is 3.36. The number of hydrogen-bond acceptors (Lipinski definition) is 3. The van der Waals surface area contributed by atoms with E-state index in [1.807, 2.05) is 36.4 Å². The van der Waals surface area contributed by atoms with E-state index in [0.717, 1.165) is 22.1 Å². The largest absolute Gasteiger partial charge is 0.373 e. The van der Waals surface area contributed by atoms with Crippen LogP contribution in [0.1, 0.15) is 18.9 Å². The fourth-order valence-corrected chi connectivity index (χ4v) is 3.03. The van der Waals surface area contributed by atoms with Gasteiger partial charge in [-0.15, -0.1) is 0 Å². The topological polar surface area (TPSA) is 49.4 Å². The summed E-state index contributed by atoms with van der Waals surface area (Å²) in [5, 5.41) is 3.23. The molecule has 1 atom stereocenters. The molecule has 0 saturated carbocycles. The van der Waals surface area contributed by atoms with E-state index >= 15 is 0 Å². The number of imide groups is 1. The highest BCUT2D eigenvalue weighted by Crippen LogP contribution is 2.27. The molecule has 1 aliphatic rings. The van der Waals surface area contributed by atoms with Crippen LogP contribution in [0, 0.1) is 0 Å². The van der Waals surface area contributed by atoms with Crippen LogP contribution >= 0.6 is 15.9 Å². The van der Waals surface area contributed by atoms with Gasteiger partial charge in [-0.05, 0) is 42.3 Å². The molecular formula is C18H17BrN2O2. The van der Waals surface area contributed by atoms with Gasteiger partial charge in [0.1, 0.15) is 6.04 Å². The van der Waals surface area contributed by atoms with Crippen molar-refractivity contribution in [2.75, 3.05) is 10.2 Å². The van der Waals surface area contributed by atoms with Gasteiger partial charge in [-0.2, -0.15) is 0 Å². The first-order valence-electron chi connectivity index (χ1n) is 7.57. The molecule has 1 fully saturated rings. The molecule has 1 aliphatic heterocycles. The van der Waals surface area contributed by atoms with Crippen LogP contribution in [0.2, 0.25) is 0 Å². The van der Waals surface area contributed by atoms with E-state index in [1.54, 1.807) is 12.1 Å². The molecule has 2 aromatic rings. The van der Waals surface area contributed by atoms with Gasteiger partial charge in [0.05, 0.1) is 12.1 Å². The van der Waals surface area contributed by atoms with Crippen molar-refractivity contribution in [3.8, 4) is 0 Å². The first-order chi connectivity index (χ1) is 11.1. The van der Waals surface area contributed by atoms with E-state index in [2.05, 4.69) is 28.2 Å². The lowest BCUT2D eigenvalue weighted by Gasteiger charge is -2.17. The lowest BCUT2D eigenvalue weighted by Crippen LogP contribution is -2.34. The van der Waals surface area contributed by atoms with Crippen LogP contribution in [-0.2, 0) is 16.0 Å². The zero-order valence-corrected chi connectivity index (χ0v) is 14.3. The second-order valence-corrected chi connectivity index (χ2v) is 6.37. The average molecular weight is 373 g/mol. The number of nitrogens with one attached hydrogen (secondary N) is 1. The van der Waals surface area contributed by atoms with Gasteiger partial charge in [0.25, 0.3) is 5.91 Å². The van der Waals surface area contributed by atoms with Gasteiger partial charge in [0.15, 0.2) is 0 Å². The van der Waals surface area contributed by atoms with Gasteiger partial charge in [-0.25, -0.2) is 4.90 Å². The molecule has 118 valence electrons. The molecule has 3 rings (SSSR count). The maximum absolute atomic E-state index is 12.6. The van der Waals surface area contributed by atoms with Crippen molar-refractivity contribution < 1.29 is 9.59 Å². The van der Waals surface area contributed by atoms with Gasteiger partial charge >= 0.3 is 0 Å². The number of hydrogen-bond donors (Lipinski definition) is 1. The minimum absolute atomic E-state index is 0.174. The summed E-state index contributed by atoms with van der Waals surface area (Å²) in [5.74, 6) is -0.382. The number of rotatable bonds is 4. The number of anilines is 2. The van der Waals surface area contributed by atoms with Crippen LogP contribution in [0.15, 0.2) is 53.0 Å². The number of benzene rings is 2. The van der Waals surface area contributed by atoms with Crippen molar-refractivity contribution in [1.82, 2.24) is 0 Å². The number of amides is 2. The van der Waals surface area contributed by atoms with Gasteiger partial charge in [-0.3, -0.25) is 9.59 Å². The SMILES string of the molecule is CCc1ccccc1N[C@@H]1CC(=O)N(c2ccc(Br)cc2)C1=O. The van der Waals surface area contributed by atoms with Crippen molar-refractivity contribution in [2.45, 2.75) is 25.8 Å². The van der Waals surface area contributed by atoms with Crippen LogP contribution in [-0.4, -0.2) is 17.9 Å². The zero-order valence-electron chi connectivity index (χ0n) is 12.8. The molecule has 4 nitrogen and oxygen atoms in total. The van der Waals surface area contributed by atoms with Crippen LogP contribution in [0.25, 0.3) is 0 Å². The van der Waals surface area contributed by atoms with Crippen molar-refractivity contribution in [1.29, 1.82) is 0 Å². The van der Waals surface area contributed by atoms with E-state index in [0.29, 0.717) is 5.69 Å². The number of nitrogens with zero attached hydrogens (tertiary/aromatic N) is 1. The number of para-hydroxylation sites is 1. The molecular weight excluding hydrogens is 356 g/mol. The highest BCUT2D eigenvalue weighted by Gasteiger charge is 2.39. The quantitative estimate of drug-likeness (QED) is 0.831. The molecule has 2 amide bonds. The maximum atomic E-state index is 12.6. The lowest BCUT2D eigenvalue weighted by atomic mass is 10.1. The van der Waals surface area contributed by atoms with Crippen molar-refractivity contribution in [2.24, 2.45) is 0 Å². The van der Waals surface area contributed by atoms with Crippen LogP contribution in [0.4, 0.5) is 11.4 Å². The molecule has 0 unspecified atom stereocenters. The summed E-state index contributed by atoms with van der Waals surface area (Å²) in [6.45, 7) is 2.07. The standard InChI is InChI=1S/C18H17BrN2O2/c1-2-12-5-3-4-6-15(12)20-16-11-17(22)21(18(16)23)14-9-7-13(19)8-10-14/h3-10,16,20H,2,11H2,1H3/t16-/m1/s1. The minimum atomic E-state index is -0.515. The third kappa shape index (κ3) is 3.15. The zero-order chi connectivity index (χ0) is 16.4. The Morgan fingerprint density at radius 3 is 2.52 bits per heavy atom. The molecule has 1 heterocycles. The molecule has 2 aromatic carbocycles. The van der Waals surface area contributed by atoms with Gasteiger partial charge in [-0.1, -0.05) is 41.1 Å². The van der Waals surface area contributed by atoms with Crippen LogP contribution < -0.4 is 10.2 Å². The molecule has 0 bridgehead atoms. The smallest absolute Gasteiger partial charge is 0.256 e. The predicted octanol–water partition coefficient (Wildman–Crippen LogP) is 3.76. The Balaban J connectivity index is 1.82.